The van der Waals surface area contributed by atoms with Crippen LogP contribution >= 0.6 is 0 Å². The summed E-state index contributed by atoms with van der Waals surface area (Å²) in [6.45, 7) is 0. The van der Waals surface area contributed by atoms with Gasteiger partial charge in [-0.1, -0.05) is 12.1 Å². The number of benzene rings is 1. The standard InChI is InChI=1S/C8H8O6S/c9-7(10)5-1-3-6(4-2-5)8(11)15(12,13)14/h1-4,8,11H,(H,9,10)(H,12,13,14). The molecule has 1 unspecified atom stereocenters. The maximum Gasteiger partial charge on any atom is 0.335 e. The molecule has 0 bridgehead atoms. The van der Waals surface area contributed by atoms with Crippen LogP contribution < -0.4 is 0 Å². The molecule has 3 N–H and O–H groups in total. The van der Waals surface area contributed by atoms with Crippen molar-refractivity contribution in [1.82, 2.24) is 0 Å². The summed E-state index contributed by atoms with van der Waals surface area (Å²) < 4.78 is 29.6. The summed E-state index contributed by atoms with van der Waals surface area (Å²) >= 11 is 0. The number of aromatic carboxylic acids is 1. The third kappa shape index (κ3) is 2.75. The van der Waals surface area contributed by atoms with Gasteiger partial charge in [0.1, 0.15) is 0 Å². The van der Waals surface area contributed by atoms with Gasteiger partial charge in [-0.15, -0.1) is 0 Å². The summed E-state index contributed by atoms with van der Waals surface area (Å²) in [5.41, 5.74) is -2.19. The molecule has 6 nitrogen and oxygen atoms in total. The zero-order valence-electron chi connectivity index (χ0n) is 7.36. The Morgan fingerprint density at radius 1 is 1.20 bits per heavy atom. The predicted octanol–water partition coefficient (Wildman–Crippen LogP) is 0.264. The lowest BCUT2D eigenvalue weighted by Gasteiger charge is -2.07. The van der Waals surface area contributed by atoms with Crippen molar-refractivity contribution in [3.8, 4) is 0 Å². The van der Waals surface area contributed by atoms with E-state index >= 15 is 0 Å². The molecule has 0 aromatic heterocycles. The Balaban J connectivity index is 3.05. The number of carbonyl (C=O) groups is 1. The molecular weight excluding hydrogens is 224 g/mol. The molecule has 0 radical (unpaired) electrons. The average Bonchev–Trinajstić information content (AvgIpc) is 2.15. The fraction of sp³-hybridized carbons (Fsp3) is 0.125. The van der Waals surface area contributed by atoms with E-state index in [0.717, 1.165) is 24.3 Å². The lowest BCUT2D eigenvalue weighted by Crippen LogP contribution is -2.11. The fourth-order valence-electron chi connectivity index (χ4n) is 0.962. The van der Waals surface area contributed by atoms with Gasteiger partial charge in [0, 0.05) is 0 Å². The van der Waals surface area contributed by atoms with E-state index in [1.54, 1.807) is 0 Å². The predicted molar refractivity (Wildman–Crippen MR) is 49.9 cm³/mol. The first-order chi connectivity index (χ1) is 6.82. The molecule has 0 aliphatic heterocycles. The van der Waals surface area contributed by atoms with E-state index in [4.69, 9.17) is 14.8 Å². The monoisotopic (exact) mass is 232 g/mol. The van der Waals surface area contributed by atoms with Crippen molar-refractivity contribution in [2.24, 2.45) is 0 Å². The SMILES string of the molecule is O=C(O)c1ccc(C(O)S(=O)(=O)O)cc1. The summed E-state index contributed by atoms with van der Waals surface area (Å²) in [7, 11) is -4.58. The second-order valence-electron chi connectivity index (χ2n) is 2.79. The van der Waals surface area contributed by atoms with Gasteiger partial charge in [-0.3, -0.25) is 4.55 Å². The van der Waals surface area contributed by atoms with E-state index in [0.29, 0.717) is 0 Å². The first kappa shape index (κ1) is 11.6. The number of hydrogen-bond donors (Lipinski definition) is 3. The Morgan fingerprint density at radius 3 is 2.00 bits per heavy atom. The second kappa shape index (κ2) is 3.97. The maximum absolute atomic E-state index is 10.5. The summed E-state index contributed by atoms with van der Waals surface area (Å²) in [4.78, 5) is 10.4. The Labute approximate surface area is 85.5 Å². The lowest BCUT2D eigenvalue weighted by atomic mass is 10.1. The molecule has 0 saturated carbocycles. The molecule has 15 heavy (non-hydrogen) atoms. The van der Waals surface area contributed by atoms with Crippen LogP contribution in [0.25, 0.3) is 0 Å². The van der Waals surface area contributed by atoms with Gasteiger partial charge in [0.15, 0.2) is 0 Å². The van der Waals surface area contributed by atoms with Crippen LogP contribution in [0.2, 0.25) is 0 Å². The largest absolute Gasteiger partial charge is 0.478 e. The Kier molecular flexibility index (Phi) is 3.08. The lowest BCUT2D eigenvalue weighted by molar-refractivity contribution is 0.0697. The van der Waals surface area contributed by atoms with E-state index in [1.807, 2.05) is 0 Å². The average molecular weight is 232 g/mol. The highest BCUT2D eigenvalue weighted by Crippen LogP contribution is 2.18. The summed E-state index contributed by atoms with van der Waals surface area (Å²) in [5, 5.41) is 17.6. The van der Waals surface area contributed by atoms with Crippen LogP contribution in [-0.2, 0) is 10.1 Å². The highest BCUT2D eigenvalue weighted by Gasteiger charge is 2.21. The van der Waals surface area contributed by atoms with Crippen LogP contribution in [-0.4, -0.2) is 29.2 Å². The minimum atomic E-state index is -4.58. The molecule has 0 aliphatic carbocycles. The molecule has 0 saturated heterocycles. The molecule has 7 heteroatoms. The molecular formula is C8H8O6S. The molecule has 0 spiro atoms. The van der Waals surface area contributed by atoms with Gasteiger partial charge in [-0.25, -0.2) is 4.79 Å². The van der Waals surface area contributed by atoms with E-state index in [-0.39, 0.29) is 11.1 Å². The molecule has 0 aliphatic rings. The van der Waals surface area contributed by atoms with Crippen molar-refractivity contribution < 1.29 is 28.0 Å². The van der Waals surface area contributed by atoms with Gasteiger partial charge in [-0.2, -0.15) is 8.42 Å². The number of hydrogen-bond acceptors (Lipinski definition) is 4. The molecule has 1 aromatic rings. The Bertz CT molecular complexity index is 460. The van der Waals surface area contributed by atoms with Gasteiger partial charge in [-0.05, 0) is 17.7 Å². The van der Waals surface area contributed by atoms with Crippen LogP contribution in [0.15, 0.2) is 24.3 Å². The normalized spacial score (nSPS) is 13.5. The molecule has 0 amide bonds. The number of aliphatic hydroxyl groups excluding tert-OH is 1. The first-order valence-electron chi connectivity index (χ1n) is 3.80. The highest BCUT2D eigenvalue weighted by atomic mass is 32.2. The number of aliphatic hydroxyl groups is 1. The Hall–Kier alpha value is -1.44. The van der Waals surface area contributed by atoms with Gasteiger partial charge in [0.25, 0.3) is 10.1 Å². The number of carboxylic acid groups (broad SMARTS) is 1. The summed E-state index contributed by atoms with van der Waals surface area (Å²) in [6.07, 6.45) is 0. The van der Waals surface area contributed by atoms with Crippen molar-refractivity contribution in [3.05, 3.63) is 35.4 Å². The van der Waals surface area contributed by atoms with Gasteiger partial charge >= 0.3 is 5.97 Å². The number of rotatable bonds is 3. The maximum atomic E-state index is 10.5. The van der Waals surface area contributed by atoms with Crippen LogP contribution in [0.4, 0.5) is 0 Å². The van der Waals surface area contributed by atoms with E-state index in [2.05, 4.69) is 0 Å². The smallest absolute Gasteiger partial charge is 0.335 e. The van der Waals surface area contributed by atoms with Gasteiger partial charge in [0.2, 0.25) is 5.44 Å². The first-order valence-corrected chi connectivity index (χ1v) is 5.30. The van der Waals surface area contributed by atoms with E-state index in [9.17, 15) is 13.2 Å². The number of carboxylic acids is 1. The summed E-state index contributed by atoms with van der Waals surface area (Å²) in [6, 6.07) is 4.49. The molecule has 0 heterocycles. The molecule has 0 fully saturated rings. The topological polar surface area (TPSA) is 112 Å². The third-order valence-corrected chi connectivity index (χ3v) is 2.56. The van der Waals surface area contributed by atoms with E-state index in [1.165, 1.54) is 0 Å². The quantitative estimate of drug-likeness (QED) is 0.644. The fourth-order valence-corrected chi connectivity index (χ4v) is 1.46. The van der Waals surface area contributed by atoms with Crippen molar-refractivity contribution >= 4 is 16.1 Å². The molecule has 1 atom stereocenters. The zero-order chi connectivity index (χ0) is 11.6. The van der Waals surface area contributed by atoms with Gasteiger partial charge in [0.05, 0.1) is 5.56 Å². The third-order valence-electron chi connectivity index (χ3n) is 1.72. The molecule has 1 aromatic carbocycles. The highest BCUT2D eigenvalue weighted by molar-refractivity contribution is 7.85. The summed E-state index contributed by atoms with van der Waals surface area (Å²) in [5.74, 6) is -1.16. The van der Waals surface area contributed by atoms with Crippen molar-refractivity contribution in [3.63, 3.8) is 0 Å². The van der Waals surface area contributed by atoms with Crippen LogP contribution in [0.1, 0.15) is 21.4 Å². The van der Waals surface area contributed by atoms with Gasteiger partial charge < -0.3 is 10.2 Å². The zero-order valence-corrected chi connectivity index (χ0v) is 8.18. The van der Waals surface area contributed by atoms with Crippen LogP contribution in [0, 0.1) is 0 Å². The molecule has 82 valence electrons. The van der Waals surface area contributed by atoms with E-state index < -0.39 is 21.5 Å². The second-order valence-corrected chi connectivity index (χ2v) is 4.27. The van der Waals surface area contributed by atoms with Crippen molar-refractivity contribution in [2.75, 3.05) is 0 Å². The minimum Gasteiger partial charge on any atom is -0.478 e. The Morgan fingerprint density at radius 2 is 1.67 bits per heavy atom. The van der Waals surface area contributed by atoms with Crippen LogP contribution in [0.5, 0.6) is 0 Å². The van der Waals surface area contributed by atoms with Crippen molar-refractivity contribution in [1.29, 1.82) is 0 Å². The molecule has 1 rings (SSSR count). The van der Waals surface area contributed by atoms with Crippen LogP contribution in [0.3, 0.4) is 0 Å². The minimum absolute atomic E-state index is 0.0405. The van der Waals surface area contributed by atoms with Crippen molar-refractivity contribution in [2.45, 2.75) is 5.44 Å².